The Morgan fingerprint density at radius 3 is 2.79 bits per heavy atom. The highest BCUT2D eigenvalue weighted by atomic mass is 16.6. The first kappa shape index (κ1) is 13.5. The number of hydrogen-bond acceptors (Lipinski definition) is 7. The van der Waals surface area contributed by atoms with Gasteiger partial charge in [0.05, 0.1) is 4.92 Å². The lowest BCUT2D eigenvalue weighted by molar-refractivity contribution is -0.384. The van der Waals surface area contributed by atoms with Crippen LogP contribution in [0.5, 0.6) is 0 Å². The molecule has 1 aliphatic carbocycles. The van der Waals surface area contributed by atoms with E-state index in [0.717, 1.165) is 25.5 Å². The summed E-state index contributed by atoms with van der Waals surface area (Å²) in [6, 6.07) is 0. The van der Waals surface area contributed by atoms with Crippen LogP contribution in [0.1, 0.15) is 32.6 Å². The lowest BCUT2D eigenvalue weighted by atomic mass is 9.67. The molecule has 8 heteroatoms. The summed E-state index contributed by atoms with van der Waals surface area (Å²) in [6.45, 7) is 2.83. The number of nitro groups is 1. The van der Waals surface area contributed by atoms with Crippen LogP contribution in [-0.4, -0.2) is 21.4 Å². The number of nitrogen functional groups attached to an aromatic ring is 1. The van der Waals surface area contributed by atoms with Gasteiger partial charge in [-0.3, -0.25) is 15.5 Å². The smallest absolute Gasteiger partial charge is 0.329 e. The molecule has 0 atom stereocenters. The molecule has 1 aromatic rings. The van der Waals surface area contributed by atoms with Gasteiger partial charge in [-0.1, -0.05) is 13.3 Å². The fourth-order valence-corrected chi connectivity index (χ4v) is 2.31. The maximum Gasteiger partial charge on any atom is 0.329 e. The van der Waals surface area contributed by atoms with Gasteiger partial charge in [0, 0.05) is 6.54 Å². The van der Waals surface area contributed by atoms with Crippen LogP contribution in [0.3, 0.4) is 0 Å². The van der Waals surface area contributed by atoms with Gasteiger partial charge in [-0.25, -0.2) is 10.8 Å². The molecule has 0 bridgehead atoms. The van der Waals surface area contributed by atoms with E-state index in [1.54, 1.807) is 0 Å². The van der Waals surface area contributed by atoms with Crippen molar-refractivity contribution in [2.45, 2.75) is 32.6 Å². The molecule has 1 heterocycles. The molecule has 1 fully saturated rings. The highest BCUT2D eigenvalue weighted by Gasteiger charge is 2.35. The van der Waals surface area contributed by atoms with Gasteiger partial charge in [0.1, 0.15) is 6.20 Å². The second-order valence-corrected chi connectivity index (χ2v) is 4.89. The van der Waals surface area contributed by atoms with Gasteiger partial charge in [-0.2, -0.15) is 4.98 Å². The minimum absolute atomic E-state index is 0.135. The minimum Gasteiger partial charge on any atom is -0.364 e. The third-order valence-corrected chi connectivity index (χ3v) is 3.89. The number of hydrazine groups is 1. The van der Waals surface area contributed by atoms with E-state index in [0.29, 0.717) is 6.54 Å². The summed E-state index contributed by atoms with van der Waals surface area (Å²) in [6.07, 6.45) is 5.73. The summed E-state index contributed by atoms with van der Waals surface area (Å²) in [4.78, 5) is 18.2. The zero-order valence-corrected chi connectivity index (χ0v) is 10.8. The fourth-order valence-electron chi connectivity index (χ4n) is 2.31. The number of aromatic nitrogens is 2. The van der Waals surface area contributed by atoms with Crippen LogP contribution in [0, 0.1) is 15.5 Å². The average Bonchev–Trinajstić information content (AvgIpc) is 2.37. The Hall–Kier alpha value is -1.96. The van der Waals surface area contributed by atoms with Gasteiger partial charge in [0.25, 0.3) is 0 Å². The molecule has 1 aromatic heterocycles. The summed E-state index contributed by atoms with van der Waals surface area (Å²) in [5.74, 6) is 5.59. The van der Waals surface area contributed by atoms with Gasteiger partial charge < -0.3 is 5.32 Å². The molecule has 1 saturated carbocycles. The zero-order chi connectivity index (χ0) is 13.9. The number of rotatable bonds is 6. The Balaban J connectivity index is 2.15. The first-order valence-electron chi connectivity index (χ1n) is 6.32. The monoisotopic (exact) mass is 266 g/mol. The van der Waals surface area contributed by atoms with Crippen LogP contribution in [0.4, 0.5) is 17.5 Å². The molecule has 0 unspecified atom stereocenters. The predicted molar refractivity (Wildman–Crippen MR) is 71.6 cm³/mol. The SMILES string of the molecule is CCC1(CNc2nc(NN)ncc2[N+](=O)[O-])CCC1. The molecule has 2 rings (SSSR count). The van der Waals surface area contributed by atoms with Crippen molar-refractivity contribution in [1.29, 1.82) is 0 Å². The molecule has 0 aliphatic heterocycles. The van der Waals surface area contributed by atoms with E-state index < -0.39 is 4.92 Å². The summed E-state index contributed by atoms with van der Waals surface area (Å²) < 4.78 is 0. The van der Waals surface area contributed by atoms with Crippen molar-refractivity contribution < 1.29 is 4.92 Å². The first-order chi connectivity index (χ1) is 9.10. The quantitative estimate of drug-likeness (QED) is 0.407. The zero-order valence-electron chi connectivity index (χ0n) is 10.8. The number of anilines is 2. The molecular weight excluding hydrogens is 248 g/mol. The highest BCUT2D eigenvalue weighted by Crippen LogP contribution is 2.43. The lowest BCUT2D eigenvalue weighted by Crippen LogP contribution is -2.36. The van der Waals surface area contributed by atoms with Crippen molar-refractivity contribution in [3.05, 3.63) is 16.3 Å². The number of hydrogen-bond donors (Lipinski definition) is 3. The first-order valence-corrected chi connectivity index (χ1v) is 6.32. The van der Waals surface area contributed by atoms with Crippen LogP contribution in [0.2, 0.25) is 0 Å². The van der Waals surface area contributed by atoms with Gasteiger partial charge in [-0.15, -0.1) is 0 Å². The third kappa shape index (κ3) is 2.73. The van der Waals surface area contributed by atoms with Crippen LogP contribution in [0.15, 0.2) is 6.20 Å². The second kappa shape index (κ2) is 5.35. The van der Waals surface area contributed by atoms with Gasteiger partial charge in [-0.05, 0) is 24.7 Å². The van der Waals surface area contributed by atoms with Crippen LogP contribution in [0.25, 0.3) is 0 Å². The normalized spacial score (nSPS) is 16.5. The Morgan fingerprint density at radius 1 is 1.58 bits per heavy atom. The average molecular weight is 266 g/mol. The number of nitrogens with zero attached hydrogens (tertiary/aromatic N) is 3. The van der Waals surface area contributed by atoms with E-state index in [4.69, 9.17) is 5.84 Å². The van der Waals surface area contributed by atoms with E-state index in [1.165, 1.54) is 6.42 Å². The third-order valence-electron chi connectivity index (χ3n) is 3.89. The summed E-state index contributed by atoms with van der Waals surface area (Å²) >= 11 is 0. The molecule has 8 nitrogen and oxygen atoms in total. The van der Waals surface area contributed by atoms with Crippen molar-refractivity contribution in [2.24, 2.45) is 11.3 Å². The number of nitrogens with two attached hydrogens (primary N) is 1. The Bertz CT molecular complexity index is 469. The van der Waals surface area contributed by atoms with Crippen LogP contribution < -0.4 is 16.6 Å². The summed E-state index contributed by atoms with van der Waals surface area (Å²) in [7, 11) is 0. The number of nitrogens with one attached hydrogen (secondary N) is 2. The second-order valence-electron chi connectivity index (χ2n) is 4.89. The molecule has 0 aromatic carbocycles. The Labute approximate surface area is 110 Å². The van der Waals surface area contributed by atoms with Crippen molar-refractivity contribution in [3.63, 3.8) is 0 Å². The molecule has 104 valence electrons. The van der Waals surface area contributed by atoms with Crippen LogP contribution >= 0.6 is 0 Å². The van der Waals surface area contributed by atoms with E-state index >= 15 is 0 Å². The van der Waals surface area contributed by atoms with Crippen LogP contribution in [-0.2, 0) is 0 Å². The van der Waals surface area contributed by atoms with Crippen molar-refractivity contribution in [2.75, 3.05) is 17.3 Å². The Morgan fingerprint density at radius 2 is 2.32 bits per heavy atom. The predicted octanol–water partition coefficient (Wildman–Crippen LogP) is 1.66. The summed E-state index contributed by atoms with van der Waals surface area (Å²) in [5.41, 5.74) is 2.40. The fraction of sp³-hybridized carbons (Fsp3) is 0.636. The van der Waals surface area contributed by atoms with Crippen molar-refractivity contribution in [1.82, 2.24) is 9.97 Å². The highest BCUT2D eigenvalue weighted by molar-refractivity contribution is 5.56. The van der Waals surface area contributed by atoms with Gasteiger partial charge in [0.15, 0.2) is 0 Å². The maximum atomic E-state index is 10.9. The van der Waals surface area contributed by atoms with E-state index in [9.17, 15) is 10.1 Å². The molecule has 19 heavy (non-hydrogen) atoms. The standard InChI is InChI=1S/C11H18N6O2/c1-2-11(4-3-5-11)7-14-9-8(17(18)19)6-13-10(15-9)16-12/h6H,2-5,7,12H2,1H3,(H2,13,14,15,16). The van der Waals surface area contributed by atoms with Crippen molar-refractivity contribution >= 4 is 17.5 Å². The molecule has 1 aliphatic rings. The van der Waals surface area contributed by atoms with Gasteiger partial charge >= 0.3 is 5.69 Å². The topological polar surface area (TPSA) is 119 Å². The molecule has 0 spiro atoms. The largest absolute Gasteiger partial charge is 0.364 e. The molecule has 0 radical (unpaired) electrons. The lowest BCUT2D eigenvalue weighted by Gasteiger charge is -2.41. The van der Waals surface area contributed by atoms with Gasteiger partial charge in [0.2, 0.25) is 11.8 Å². The minimum atomic E-state index is -0.498. The van der Waals surface area contributed by atoms with E-state index in [-0.39, 0.29) is 22.9 Å². The molecule has 4 N–H and O–H groups in total. The van der Waals surface area contributed by atoms with E-state index in [1.807, 2.05) is 0 Å². The maximum absolute atomic E-state index is 10.9. The molecular formula is C11H18N6O2. The Kier molecular flexibility index (Phi) is 3.79. The molecule has 0 saturated heterocycles. The van der Waals surface area contributed by atoms with E-state index in [2.05, 4.69) is 27.6 Å². The molecule has 0 amide bonds. The van der Waals surface area contributed by atoms with Crippen molar-refractivity contribution in [3.8, 4) is 0 Å². The summed E-state index contributed by atoms with van der Waals surface area (Å²) in [5, 5.41) is 14.0.